The molecule has 0 aliphatic heterocycles. The number of ether oxygens (including phenoxy) is 1. The van der Waals surface area contributed by atoms with Gasteiger partial charge < -0.3 is 4.74 Å². The van der Waals surface area contributed by atoms with Gasteiger partial charge in [0.15, 0.2) is 5.69 Å². The van der Waals surface area contributed by atoms with Gasteiger partial charge in [0.1, 0.15) is 5.75 Å². The lowest BCUT2D eigenvalue weighted by atomic mass is 10.2. The summed E-state index contributed by atoms with van der Waals surface area (Å²) in [5.74, 6) is 0.647. The summed E-state index contributed by atoms with van der Waals surface area (Å²) in [4.78, 5) is 0. The van der Waals surface area contributed by atoms with Crippen molar-refractivity contribution in [3.05, 3.63) is 41.7 Å². The second-order valence-electron chi connectivity index (χ2n) is 3.62. The predicted molar refractivity (Wildman–Crippen MR) is 57.1 cm³/mol. The predicted octanol–water partition coefficient (Wildman–Crippen LogP) is 2.35. The van der Waals surface area contributed by atoms with Crippen molar-refractivity contribution in [3.63, 3.8) is 0 Å². The van der Waals surface area contributed by atoms with Crippen molar-refractivity contribution in [1.82, 2.24) is 15.0 Å². The average molecular weight is 257 g/mol. The molecule has 0 saturated heterocycles. The van der Waals surface area contributed by atoms with Crippen molar-refractivity contribution in [3.8, 4) is 5.75 Å². The second kappa shape index (κ2) is 4.67. The van der Waals surface area contributed by atoms with Crippen LogP contribution in [0, 0.1) is 0 Å². The molecular weight excluding hydrogens is 247 g/mol. The fourth-order valence-electron chi connectivity index (χ4n) is 1.50. The van der Waals surface area contributed by atoms with Crippen LogP contribution in [0.4, 0.5) is 13.2 Å². The van der Waals surface area contributed by atoms with Gasteiger partial charge >= 0.3 is 6.18 Å². The van der Waals surface area contributed by atoms with Crippen LogP contribution in [0.2, 0.25) is 0 Å². The van der Waals surface area contributed by atoms with E-state index in [2.05, 4.69) is 10.3 Å². The number of nitrogens with zero attached hydrogens (tertiary/aromatic N) is 3. The van der Waals surface area contributed by atoms with E-state index < -0.39 is 11.9 Å². The molecule has 0 unspecified atom stereocenters. The molecule has 0 amide bonds. The Labute approximate surface area is 101 Å². The van der Waals surface area contributed by atoms with Gasteiger partial charge in [-0.05, 0) is 17.7 Å². The van der Waals surface area contributed by atoms with Gasteiger partial charge in [0.2, 0.25) is 0 Å². The summed E-state index contributed by atoms with van der Waals surface area (Å²) in [6.45, 7) is 0.0127. The SMILES string of the molecule is COc1ccc(Cn2nncc2C(F)(F)F)cc1. The van der Waals surface area contributed by atoms with E-state index in [4.69, 9.17) is 4.74 Å². The number of halogens is 3. The average Bonchev–Trinajstić information content (AvgIpc) is 2.78. The van der Waals surface area contributed by atoms with Crippen LogP contribution >= 0.6 is 0 Å². The van der Waals surface area contributed by atoms with Crippen LogP contribution in [-0.2, 0) is 12.7 Å². The molecule has 7 heteroatoms. The highest BCUT2D eigenvalue weighted by Crippen LogP contribution is 2.28. The largest absolute Gasteiger partial charge is 0.497 e. The van der Waals surface area contributed by atoms with Crippen molar-refractivity contribution >= 4 is 0 Å². The first-order valence-electron chi connectivity index (χ1n) is 5.09. The zero-order valence-corrected chi connectivity index (χ0v) is 9.48. The Kier molecular flexibility index (Phi) is 3.22. The molecule has 0 aliphatic carbocycles. The number of alkyl halides is 3. The van der Waals surface area contributed by atoms with E-state index in [1.807, 2.05) is 0 Å². The summed E-state index contributed by atoms with van der Waals surface area (Å²) >= 11 is 0. The molecular formula is C11H10F3N3O. The van der Waals surface area contributed by atoms with Crippen LogP contribution in [0.1, 0.15) is 11.3 Å². The lowest BCUT2D eigenvalue weighted by molar-refractivity contribution is -0.144. The Balaban J connectivity index is 2.21. The number of aromatic nitrogens is 3. The molecule has 2 rings (SSSR count). The molecule has 0 atom stereocenters. The van der Waals surface area contributed by atoms with E-state index in [-0.39, 0.29) is 6.54 Å². The highest BCUT2D eigenvalue weighted by molar-refractivity contribution is 5.27. The molecule has 0 spiro atoms. The standard InChI is InChI=1S/C11H10F3N3O/c1-18-9-4-2-8(3-5-9)7-17-10(6-15-16-17)11(12,13)14/h2-6H,7H2,1H3. The Morgan fingerprint density at radius 1 is 1.22 bits per heavy atom. The third-order valence-corrected chi connectivity index (χ3v) is 2.40. The highest BCUT2D eigenvalue weighted by Gasteiger charge is 2.35. The summed E-state index contributed by atoms with van der Waals surface area (Å²) in [6.07, 6.45) is -3.74. The minimum Gasteiger partial charge on any atom is -0.497 e. The molecule has 18 heavy (non-hydrogen) atoms. The molecule has 0 N–H and O–H groups in total. The van der Waals surface area contributed by atoms with Crippen LogP contribution < -0.4 is 4.74 Å². The lowest BCUT2D eigenvalue weighted by Crippen LogP contribution is -2.15. The van der Waals surface area contributed by atoms with Crippen molar-refractivity contribution in [2.45, 2.75) is 12.7 Å². The third kappa shape index (κ3) is 2.61. The molecule has 0 aliphatic rings. The van der Waals surface area contributed by atoms with Crippen molar-refractivity contribution in [2.75, 3.05) is 7.11 Å². The first-order chi connectivity index (χ1) is 8.50. The van der Waals surface area contributed by atoms with E-state index >= 15 is 0 Å². The van der Waals surface area contributed by atoms with E-state index in [0.717, 1.165) is 4.68 Å². The van der Waals surface area contributed by atoms with Gasteiger partial charge in [0.05, 0.1) is 19.9 Å². The van der Waals surface area contributed by atoms with E-state index in [9.17, 15) is 13.2 Å². The third-order valence-electron chi connectivity index (χ3n) is 2.40. The quantitative estimate of drug-likeness (QED) is 0.847. The van der Waals surface area contributed by atoms with Crippen molar-refractivity contribution < 1.29 is 17.9 Å². The molecule has 4 nitrogen and oxygen atoms in total. The van der Waals surface area contributed by atoms with Gasteiger partial charge in [0, 0.05) is 0 Å². The van der Waals surface area contributed by atoms with E-state index in [1.165, 1.54) is 7.11 Å². The first-order valence-corrected chi connectivity index (χ1v) is 5.09. The highest BCUT2D eigenvalue weighted by atomic mass is 19.4. The molecule has 2 aromatic rings. The van der Waals surface area contributed by atoms with Gasteiger partial charge in [-0.3, -0.25) is 0 Å². The maximum atomic E-state index is 12.6. The van der Waals surface area contributed by atoms with Crippen LogP contribution in [0.15, 0.2) is 30.5 Å². The summed E-state index contributed by atoms with van der Waals surface area (Å²) in [5.41, 5.74) is -0.176. The number of hydrogen-bond donors (Lipinski definition) is 0. The molecule has 96 valence electrons. The van der Waals surface area contributed by atoms with Gasteiger partial charge in [-0.2, -0.15) is 13.2 Å². The molecule has 0 fully saturated rings. The maximum absolute atomic E-state index is 12.6. The maximum Gasteiger partial charge on any atom is 0.434 e. The zero-order valence-electron chi connectivity index (χ0n) is 9.48. The van der Waals surface area contributed by atoms with Crippen molar-refractivity contribution in [1.29, 1.82) is 0 Å². The molecule has 0 bridgehead atoms. The zero-order chi connectivity index (χ0) is 13.2. The van der Waals surface area contributed by atoms with E-state index in [0.29, 0.717) is 17.5 Å². The van der Waals surface area contributed by atoms with Crippen molar-refractivity contribution in [2.24, 2.45) is 0 Å². The fourth-order valence-corrected chi connectivity index (χ4v) is 1.50. The number of benzene rings is 1. The monoisotopic (exact) mass is 257 g/mol. The minimum absolute atomic E-state index is 0.0127. The molecule has 1 aromatic carbocycles. The topological polar surface area (TPSA) is 39.9 Å². The molecule has 1 aromatic heterocycles. The van der Waals surface area contributed by atoms with Crippen LogP contribution in [0.3, 0.4) is 0 Å². The summed E-state index contributed by atoms with van der Waals surface area (Å²) < 4.78 is 43.5. The minimum atomic E-state index is -4.45. The normalized spacial score (nSPS) is 11.6. The van der Waals surface area contributed by atoms with Gasteiger partial charge in [-0.25, -0.2) is 4.68 Å². The van der Waals surface area contributed by atoms with Crippen LogP contribution in [0.25, 0.3) is 0 Å². The molecule has 0 saturated carbocycles. The summed E-state index contributed by atoms with van der Waals surface area (Å²) in [7, 11) is 1.52. The number of rotatable bonds is 3. The number of methoxy groups -OCH3 is 1. The Hall–Kier alpha value is -2.05. The van der Waals surface area contributed by atoms with Gasteiger partial charge in [-0.1, -0.05) is 17.3 Å². The Morgan fingerprint density at radius 2 is 1.89 bits per heavy atom. The van der Waals surface area contributed by atoms with Crippen LogP contribution in [0.5, 0.6) is 5.75 Å². The number of hydrogen-bond acceptors (Lipinski definition) is 3. The Morgan fingerprint density at radius 3 is 2.44 bits per heavy atom. The van der Waals surface area contributed by atoms with Crippen LogP contribution in [-0.4, -0.2) is 22.1 Å². The summed E-state index contributed by atoms with van der Waals surface area (Å²) in [6, 6.07) is 6.72. The fraction of sp³-hybridized carbons (Fsp3) is 0.273. The van der Waals surface area contributed by atoms with E-state index in [1.54, 1.807) is 24.3 Å². The molecule has 0 radical (unpaired) electrons. The first kappa shape index (κ1) is 12.4. The summed E-state index contributed by atoms with van der Waals surface area (Å²) in [5, 5.41) is 6.72. The Bertz CT molecular complexity index is 519. The lowest BCUT2D eigenvalue weighted by Gasteiger charge is -2.09. The second-order valence-corrected chi connectivity index (χ2v) is 3.62. The molecule has 1 heterocycles. The van der Waals surface area contributed by atoms with Gasteiger partial charge in [0.25, 0.3) is 0 Å². The van der Waals surface area contributed by atoms with Gasteiger partial charge in [-0.15, -0.1) is 5.10 Å². The smallest absolute Gasteiger partial charge is 0.434 e.